The Kier molecular flexibility index (Phi) is 6.74. The van der Waals surface area contributed by atoms with Gasteiger partial charge in [0.25, 0.3) is 0 Å². The molecule has 0 radical (unpaired) electrons. The van der Waals surface area contributed by atoms with E-state index in [2.05, 4.69) is 29.1 Å². The third kappa shape index (κ3) is 4.75. The average molecular weight is 306 g/mol. The predicted molar refractivity (Wildman–Crippen MR) is 90.9 cm³/mol. The van der Waals surface area contributed by atoms with Gasteiger partial charge in [-0.1, -0.05) is 25.3 Å². The van der Waals surface area contributed by atoms with Gasteiger partial charge in [0.1, 0.15) is 0 Å². The van der Waals surface area contributed by atoms with Crippen molar-refractivity contribution in [1.29, 1.82) is 0 Å². The summed E-state index contributed by atoms with van der Waals surface area (Å²) in [5.41, 5.74) is 0. The number of hydrogen-bond donors (Lipinski definition) is 2. The average Bonchev–Trinajstić information content (AvgIpc) is 3.01. The van der Waals surface area contributed by atoms with E-state index in [1.807, 2.05) is 4.90 Å². The van der Waals surface area contributed by atoms with Gasteiger partial charge in [-0.15, -0.1) is 6.58 Å². The molecule has 5 nitrogen and oxygen atoms in total. The number of aliphatic imine (C=N–C) groups is 1. The maximum Gasteiger partial charge on any atom is 0.225 e. The Labute approximate surface area is 134 Å². The molecule has 2 N–H and O–H groups in total. The molecule has 22 heavy (non-hydrogen) atoms. The molecule has 2 rings (SSSR count). The molecule has 0 spiro atoms. The van der Waals surface area contributed by atoms with Crippen LogP contribution in [0, 0.1) is 5.92 Å². The van der Waals surface area contributed by atoms with Crippen LogP contribution in [0.3, 0.4) is 0 Å². The van der Waals surface area contributed by atoms with E-state index in [1.165, 1.54) is 19.3 Å². The lowest BCUT2D eigenvalue weighted by Gasteiger charge is -2.26. The van der Waals surface area contributed by atoms with Crippen molar-refractivity contribution in [1.82, 2.24) is 15.5 Å². The molecule has 1 aliphatic carbocycles. The molecule has 0 bridgehead atoms. The van der Waals surface area contributed by atoms with Gasteiger partial charge in [0.2, 0.25) is 5.91 Å². The van der Waals surface area contributed by atoms with E-state index in [0.717, 1.165) is 44.9 Å². The van der Waals surface area contributed by atoms with Crippen molar-refractivity contribution in [3.05, 3.63) is 12.7 Å². The van der Waals surface area contributed by atoms with E-state index in [1.54, 1.807) is 6.08 Å². The molecule has 1 aliphatic heterocycles. The number of guanidine groups is 1. The molecule has 5 heteroatoms. The number of nitrogens with one attached hydrogen (secondary N) is 2. The van der Waals surface area contributed by atoms with Gasteiger partial charge in [0.15, 0.2) is 5.96 Å². The lowest BCUT2D eigenvalue weighted by atomic mass is 9.88. The molecular weight excluding hydrogens is 276 g/mol. The summed E-state index contributed by atoms with van der Waals surface area (Å²) < 4.78 is 0. The number of carbonyl (C=O) groups is 1. The second-order valence-electron chi connectivity index (χ2n) is 6.26. The molecule has 0 aromatic rings. The lowest BCUT2D eigenvalue weighted by molar-refractivity contribution is -0.135. The molecule has 1 saturated carbocycles. The normalized spacial score (nSPS) is 23.4. The monoisotopic (exact) mass is 306 g/mol. The number of nitrogens with zero attached hydrogens (tertiary/aromatic N) is 2. The van der Waals surface area contributed by atoms with Gasteiger partial charge in [-0.2, -0.15) is 0 Å². The minimum Gasteiger partial charge on any atom is -0.357 e. The van der Waals surface area contributed by atoms with Crippen LogP contribution >= 0.6 is 0 Å². The fourth-order valence-electron chi connectivity index (χ4n) is 3.36. The van der Waals surface area contributed by atoms with Crippen molar-refractivity contribution >= 4 is 11.9 Å². The fourth-order valence-corrected chi connectivity index (χ4v) is 3.36. The number of amides is 1. The first kappa shape index (κ1) is 16.8. The van der Waals surface area contributed by atoms with E-state index >= 15 is 0 Å². The standard InChI is InChI=1S/C17H30N4O/c1-3-11-19-17(18-4-2)20-15-10-12-21(13-15)16(22)14-8-6-5-7-9-14/h3,14-15H,1,4-13H2,2H3,(H2,18,19,20). The van der Waals surface area contributed by atoms with Crippen LogP contribution in [0.2, 0.25) is 0 Å². The van der Waals surface area contributed by atoms with Crippen molar-refractivity contribution in [2.75, 3.05) is 26.2 Å². The van der Waals surface area contributed by atoms with Gasteiger partial charge >= 0.3 is 0 Å². The highest BCUT2D eigenvalue weighted by molar-refractivity contribution is 5.81. The zero-order chi connectivity index (χ0) is 15.8. The van der Waals surface area contributed by atoms with Crippen LogP contribution in [0.25, 0.3) is 0 Å². The van der Waals surface area contributed by atoms with Crippen molar-refractivity contribution in [2.24, 2.45) is 10.9 Å². The van der Waals surface area contributed by atoms with Gasteiger partial charge in [0.05, 0.1) is 6.54 Å². The van der Waals surface area contributed by atoms with Crippen LogP contribution in [0.5, 0.6) is 0 Å². The van der Waals surface area contributed by atoms with Crippen LogP contribution in [0.4, 0.5) is 0 Å². The Bertz CT molecular complexity index is 401. The molecule has 0 aromatic heterocycles. The lowest BCUT2D eigenvalue weighted by Crippen LogP contribution is -2.45. The van der Waals surface area contributed by atoms with Gasteiger partial charge in [-0.05, 0) is 26.2 Å². The Morgan fingerprint density at radius 1 is 1.32 bits per heavy atom. The summed E-state index contributed by atoms with van der Waals surface area (Å²) in [6, 6.07) is 0.301. The summed E-state index contributed by atoms with van der Waals surface area (Å²) in [4.78, 5) is 19.0. The van der Waals surface area contributed by atoms with Gasteiger partial charge < -0.3 is 15.5 Å². The van der Waals surface area contributed by atoms with E-state index in [9.17, 15) is 4.79 Å². The van der Waals surface area contributed by atoms with Crippen LogP contribution < -0.4 is 10.6 Å². The quantitative estimate of drug-likeness (QED) is 0.463. The predicted octanol–water partition coefficient (Wildman–Crippen LogP) is 1.91. The van der Waals surface area contributed by atoms with E-state index in [0.29, 0.717) is 18.5 Å². The largest absolute Gasteiger partial charge is 0.357 e. The Hall–Kier alpha value is -1.52. The SMILES string of the molecule is C=CCN=C(NCC)NC1CCN(C(=O)C2CCCCC2)C1. The molecule has 1 heterocycles. The number of likely N-dealkylation sites (tertiary alicyclic amines) is 1. The number of hydrogen-bond acceptors (Lipinski definition) is 2. The number of carbonyl (C=O) groups excluding carboxylic acids is 1. The molecule has 2 fully saturated rings. The van der Waals surface area contributed by atoms with E-state index < -0.39 is 0 Å². The zero-order valence-electron chi connectivity index (χ0n) is 13.8. The van der Waals surface area contributed by atoms with Crippen molar-refractivity contribution in [3.8, 4) is 0 Å². The molecule has 1 atom stereocenters. The van der Waals surface area contributed by atoms with Crippen molar-refractivity contribution in [2.45, 2.75) is 51.5 Å². The summed E-state index contributed by atoms with van der Waals surface area (Å²) in [7, 11) is 0. The first-order chi connectivity index (χ1) is 10.7. The summed E-state index contributed by atoms with van der Waals surface area (Å²) >= 11 is 0. The Balaban J connectivity index is 1.83. The molecule has 1 amide bonds. The molecular formula is C17H30N4O. The first-order valence-electron chi connectivity index (χ1n) is 8.69. The number of rotatable bonds is 5. The van der Waals surface area contributed by atoms with Crippen molar-refractivity contribution < 1.29 is 4.79 Å². The summed E-state index contributed by atoms with van der Waals surface area (Å²) in [6.45, 7) is 8.86. The van der Waals surface area contributed by atoms with Crippen molar-refractivity contribution in [3.63, 3.8) is 0 Å². The summed E-state index contributed by atoms with van der Waals surface area (Å²) in [6.07, 6.45) is 8.66. The van der Waals surface area contributed by atoms with Crippen LogP contribution in [0.1, 0.15) is 45.4 Å². The molecule has 124 valence electrons. The third-order valence-corrected chi connectivity index (χ3v) is 4.52. The minimum atomic E-state index is 0.273. The van der Waals surface area contributed by atoms with Gasteiger partial charge in [0, 0.05) is 31.6 Å². The van der Waals surface area contributed by atoms with Gasteiger partial charge in [-0.25, -0.2) is 4.99 Å². The first-order valence-corrected chi connectivity index (χ1v) is 8.69. The van der Waals surface area contributed by atoms with E-state index in [-0.39, 0.29) is 5.92 Å². The van der Waals surface area contributed by atoms with Crippen LogP contribution in [0.15, 0.2) is 17.6 Å². The van der Waals surface area contributed by atoms with Crippen LogP contribution in [-0.2, 0) is 4.79 Å². The fraction of sp³-hybridized carbons (Fsp3) is 0.765. The van der Waals surface area contributed by atoms with Gasteiger partial charge in [-0.3, -0.25) is 4.79 Å². The minimum absolute atomic E-state index is 0.273. The zero-order valence-corrected chi connectivity index (χ0v) is 13.8. The van der Waals surface area contributed by atoms with Crippen LogP contribution in [-0.4, -0.2) is 49.0 Å². The molecule has 0 aromatic carbocycles. The highest BCUT2D eigenvalue weighted by Crippen LogP contribution is 2.26. The topological polar surface area (TPSA) is 56.7 Å². The molecule has 1 unspecified atom stereocenters. The molecule has 1 saturated heterocycles. The maximum atomic E-state index is 12.6. The highest BCUT2D eigenvalue weighted by Gasteiger charge is 2.31. The smallest absolute Gasteiger partial charge is 0.225 e. The maximum absolute atomic E-state index is 12.6. The summed E-state index contributed by atoms with van der Waals surface area (Å²) in [5, 5.41) is 6.68. The second-order valence-corrected chi connectivity index (χ2v) is 6.26. The third-order valence-electron chi connectivity index (χ3n) is 4.52. The van der Waals surface area contributed by atoms with E-state index in [4.69, 9.17) is 0 Å². The second kappa shape index (κ2) is 8.81. The molecule has 2 aliphatic rings. The Morgan fingerprint density at radius 3 is 2.77 bits per heavy atom. The highest BCUT2D eigenvalue weighted by atomic mass is 16.2. The summed E-state index contributed by atoms with van der Waals surface area (Å²) in [5.74, 6) is 1.46. The Morgan fingerprint density at radius 2 is 2.09 bits per heavy atom.